The van der Waals surface area contributed by atoms with Crippen LogP contribution < -0.4 is 15.6 Å². The van der Waals surface area contributed by atoms with E-state index in [0.29, 0.717) is 40.2 Å². The Kier molecular flexibility index (Phi) is 5.53. The van der Waals surface area contributed by atoms with E-state index in [1.54, 1.807) is 41.6 Å². The molecule has 0 bridgehead atoms. The number of ether oxygens (including phenoxy) is 1. The average Bonchev–Trinajstić information content (AvgIpc) is 3.62. The number of hydrogen-bond donors (Lipinski definition) is 1. The summed E-state index contributed by atoms with van der Waals surface area (Å²) in [5.41, 5.74) is 3.01. The predicted octanol–water partition coefficient (Wildman–Crippen LogP) is 3.48. The topological polar surface area (TPSA) is 128 Å². The number of anilines is 2. The van der Waals surface area contributed by atoms with E-state index in [-0.39, 0.29) is 29.1 Å². The summed E-state index contributed by atoms with van der Waals surface area (Å²) in [6.07, 6.45) is 7.30. The standard InChI is InChI=1S/C25H23N7O3/c1-14(33)8-17-10-18(6-7-27-17)35-21-12-28-23-22(19(21)11-26)32(3)25(30-23)29-20-9-16(15-4-5-15)13-31(2)24(20)34/h6-7,9-10,12-13,15H,4-5,8H2,1-3H3,(H,28,29,30). The highest BCUT2D eigenvalue weighted by molar-refractivity contribution is 5.84. The number of aromatic nitrogens is 5. The Balaban J connectivity index is 1.51. The van der Waals surface area contributed by atoms with Gasteiger partial charge in [0.1, 0.15) is 34.4 Å². The van der Waals surface area contributed by atoms with Crippen LogP contribution in [0.4, 0.5) is 11.6 Å². The van der Waals surface area contributed by atoms with Gasteiger partial charge in [0.25, 0.3) is 5.56 Å². The van der Waals surface area contributed by atoms with Crippen molar-refractivity contribution in [2.45, 2.75) is 32.1 Å². The summed E-state index contributed by atoms with van der Waals surface area (Å²) in [5, 5.41) is 13.1. The van der Waals surface area contributed by atoms with Crippen molar-refractivity contribution >= 4 is 28.6 Å². The van der Waals surface area contributed by atoms with Gasteiger partial charge in [0, 0.05) is 39.0 Å². The Labute approximate surface area is 200 Å². The van der Waals surface area contributed by atoms with Crippen molar-refractivity contribution in [2.24, 2.45) is 14.1 Å². The van der Waals surface area contributed by atoms with Crippen LogP contribution in [0, 0.1) is 11.3 Å². The van der Waals surface area contributed by atoms with E-state index in [1.165, 1.54) is 13.1 Å². The molecule has 0 amide bonds. The van der Waals surface area contributed by atoms with Crippen LogP contribution in [0.2, 0.25) is 0 Å². The lowest BCUT2D eigenvalue weighted by Crippen LogP contribution is -2.20. The highest BCUT2D eigenvalue weighted by atomic mass is 16.5. The Morgan fingerprint density at radius 3 is 2.80 bits per heavy atom. The summed E-state index contributed by atoms with van der Waals surface area (Å²) in [7, 11) is 3.48. The number of nitriles is 1. The molecular formula is C25H23N7O3. The fourth-order valence-corrected chi connectivity index (χ4v) is 4.04. The zero-order valence-electron chi connectivity index (χ0n) is 19.6. The number of imidazole rings is 1. The van der Waals surface area contributed by atoms with Crippen molar-refractivity contribution in [3.63, 3.8) is 0 Å². The van der Waals surface area contributed by atoms with Crippen molar-refractivity contribution in [3.05, 3.63) is 64.0 Å². The van der Waals surface area contributed by atoms with Crippen molar-refractivity contribution < 1.29 is 9.53 Å². The van der Waals surface area contributed by atoms with Gasteiger partial charge >= 0.3 is 0 Å². The summed E-state index contributed by atoms with van der Waals surface area (Å²) in [6, 6.07) is 7.36. The van der Waals surface area contributed by atoms with Crippen LogP contribution in [0.1, 0.15) is 42.5 Å². The molecule has 1 N–H and O–H groups in total. The summed E-state index contributed by atoms with van der Waals surface area (Å²) in [4.78, 5) is 37.2. The maximum atomic E-state index is 12.7. The lowest BCUT2D eigenvalue weighted by atomic mass is 10.2. The first-order chi connectivity index (χ1) is 16.8. The van der Waals surface area contributed by atoms with Gasteiger partial charge < -0.3 is 19.2 Å². The molecule has 4 aromatic rings. The quantitative estimate of drug-likeness (QED) is 0.436. The number of ketones is 1. The number of Topliss-reactive ketones (excluding diaryl/α,β-unsaturated/α-hetero) is 1. The van der Waals surface area contributed by atoms with Crippen LogP contribution in [-0.2, 0) is 25.3 Å². The Morgan fingerprint density at radius 1 is 1.29 bits per heavy atom. The molecule has 0 aromatic carbocycles. The van der Waals surface area contributed by atoms with E-state index in [2.05, 4.69) is 26.3 Å². The molecule has 5 rings (SSSR count). The molecule has 0 unspecified atom stereocenters. The number of fused-ring (bicyclic) bond motifs is 1. The molecule has 1 aliphatic carbocycles. The Morgan fingerprint density at radius 2 is 2.09 bits per heavy atom. The number of carbonyl (C=O) groups excluding carboxylic acids is 1. The second kappa shape index (κ2) is 8.68. The molecule has 4 aromatic heterocycles. The minimum atomic E-state index is -0.169. The minimum absolute atomic E-state index is 0.0112. The van der Waals surface area contributed by atoms with Gasteiger partial charge in [-0.05, 0) is 43.4 Å². The second-order valence-corrected chi connectivity index (χ2v) is 8.74. The van der Waals surface area contributed by atoms with E-state index in [1.807, 2.05) is 12.3 Å². The first kappa shape index (κ1) is 22.3. The average molecular weight is 470 g/mol. The zero-order chi connectivity index (χ0) is 24.7. The van der Waals surface area contributed by atoms with Gasteiger partial charge in [-0.2, -0.15) is 10.2 Å². The number of aryl methyl sites for hydroxylation is 2. The van der Waals surface area contributed by atoms with Gasteiger partial charge in [0.15, 0.2) is 11.4 Å². The molecule has 0 spiro atoms. The van der Waals surface area contributed by atoms with E-state index in [0.717, 1.165) is 18.4 Å². The van der Waals surface area contributed by atoms with E-state index < -0.39 is 0 Å². The van der Waals surface area contributed by atoms with Crippen LogP contribution in [0.3, 0.4) is 0 Å². The van der Waals surface area contributed by atoms with Gasteiger partial charge in [-0.15, -0.1) is 0 Å². The fourth-order valence-electron chi connectivity index (χ4n) is 4.04. The fraction of sp³-hybridized carbons (Fsp3) is 0.280. The molecule has 4 heterocycles. The molecule has 35 heavy (non-hydrogen) atoms. The summed E-state index contributed by atoms with van der Waals surface area (Å²) in [5.74, 6) is 1.55. The zero-order valence-corrected chi connectivity index (χ0v) is 19.6. The number of nitrogens with zero attached hydrogens (tertiary/aromatic N) is 6. The van der Waals surface area contributed by atoms with Gasteiger partial charge in [-0.3, -0.25) is 14.6 Å². The van der Waals surface area contributed by atoms with Crippen LogP contribution >= 0.6 is 0 Å². The van der Waals surface area contributed by atoms with Gasteiger partial charge in [0.2, 0.25) is 5.95 Å². The Hall–Kier alpha value is -4.52. The first-order valence-corrected chi connectivity index (χ1v) is 11.2. The van der Waals surface area contributed by atoms with Crippen LogP contribution in [-0.4, -0.2) is 29.9 Å². The van der Waals surface area contributed by atoms with Crippen molar-refractivity contribution in [3.8, 4) is 17.6 Å². The summed E-state index contributed by atoms with van der Waals surface area (Å²) in [6.45, 7) is 1.49. The summed E-state index contributed by atoms with van der Waals surface area (Å²) < 4.78 is 9.20. The third-order valence-electron chi connectivity index (χ3n) is 5.92. The van der Waals surface area contributed by atoms with Crippen molar-refractivity contribution in [1.29, 1.82) is 5.26 Å². The number of hydrogen-bond acceptors (Lipinski definition) is 8. The third-order valence-corrected chi connectivity index (χ3v) is 5.92. The third kappa shape index (κ3) is 4.36. The molecule has 0 saturated heterocycles. The van der Waals surface area contributed by atoms with E-state index in [4.69, 9.17) is 4.74 Å². The first-order valence-electron chi connectivity index (χ1n) is 11.2. The number of nitrogens with one attached hydrogen (secondary N) is 1. The number of pyridine rings is 3. The van der Waals surface area contributed by atoms with E-state index in [9.17, 15) is 14.9 Å². The molecule has 10 heteroatoms. The van der Waals surface area contributed by atoms with Crippen LogP contribution in [0.25, 0.3) is 11.2 Å². The molecule has 0 aliphatic heterocycles. The molecule has 1 fully saturated rings. The molecule has 10 nitrogen and oxygen atoms in total. The molecular weight excluding hydrogens is 446 g/mol. The molecule has 176 valence electrons. The number of rotatable bonds is 7. The lowest BCUT2D eigenvalue weighted by Gasteiger charge is -2.11. The largest absolute Gasteiger partial charge is 0.454 e. The molecule has 1 aliphatic rings. The van der Waals surface area contributed by atoms with E-state index >= 15 is 0 Å². The van der Waals surface area contributed by atoms with Gasteiger partial charge in [-0.1, -0.05) is 0 Å². The van der Waals surface area contributed by atoms with Crippen LogP contribution in [0.5, 0.6) is 11.5 Å². The minimum Gasteiger partial charge on any atom is -0.454 e. The smallest absolute Gasteiger partial charge is 0.274 e. The molecule has 1 saturated carbocycles. The lowest BCUT2D eigenvalue weighted by molar-refractivity contribution is -0.116. The number of carbonyl (C=O) groups is 1. The highest BCUT2D eigenvalue weighted by Gasteiger charge is 2.25. The normalized spacial score (nSPS) is 13.0. The van der Waals surface area contributed by atoms with Gasteiger partial charge in [0.05, 0.1) is 11.9 Å². The van der Waals surface area contributed by atoms with Crippen LogP contribution in [0.15, 0.2) is 41.6 Å². The molecule has 0 radical (unpaired) electrons. The maximum absolute atomic E-state index is 12.7. The SMILES string of the molecule is CC(=O)Cc1cc(Oc2cnc3nc(Nc4cc(C5CC5)cn(C)c4=O)n(C)c3c2C#N)ccn1. The second-order valence-electron chi connectivity index (χ2n) is 8.74. The monoisotopic (exact) mass is 469 g/mol. The maximum Gasteiger partial charge on any atom is 0.274 e. The highest BCUT2D eigenvalue weighted by Crippen LogP contribution is 2.40. The summed E-state index contributed by atoms with van der Waals surface area (Å²) >= 11 is 0. The molecule has 0 atom stereocenters. The Bertz CT molecular complexity index is 1570. The van der Waals surface area contributed by atoms with Gasteiger partial charge in [-0.25, -0.2) is 4.98 Å². The van der Waals surface area contributed by atoms with Crippen molar-refractivity contribution in [1.82, 2.24) is 24.1 Å². The van der Waals surface area contributed by atoms with Crippen molar-refractivity contribution in [2.75, 3.05) is 5.32 Å². The predicted molar refractivity (Wildman–Crippen MR) is 129 cm³/mol.